The Balaban J connectivity index is 1.86. The van der Waals surface area contributed by atoms with Crippen molar-refractivity contribution in [1.29, 1.82) is 0 Å². The first-order chi connectivity index (χ1) is 19.0. The fraction of sp³-hybridized carbons (Fsp3) is 0.357. The molecule has 3 N–H and O–H groups in total. The van der Waals surface area contributed by atoms with E-state index < -0.39 is 34.6 Å². The summed E-state index contributed by atoms with van der Waals surface area (Å²) in [5.74, 6) is -4.46. The first kappa shape index (κ1) is 30.0. The van der Waals surface area contributed by atoms with Crippen molar-refractivity contribution in [3.05, 3.63) is 81.0 Å². The van der Waals surface area contributed by atoms with Gasteiger partial charge in [0.15, 0.2) is 0 Å². The van der Waals surface area contributed by atoms with Gasteiger partial charge in [-0.25, -0.2) is 4.79 Å². The van der Waals surface area contributed by atoms with Crippen LogP contribution in [0, 0.1) is 16.0 Å². The zero-order chi connectivity index (χ0) is 29.4. The van der Waals surface area contributed by atoms with Crippen LogP contribution in [0.15, 0.2) is 64.8 Å². The first-order valence-corrected chi connectivity index (χ1v) is 12.7. The predicted molar refractivity (Wildman–Crippen MR) is 145 cm³/mol. The average Bonchev–Trinajstić information content (AvgIpc) is 2.90. The highest BCUT2D eigenvalue weighted by molar-refractivity contribution is 6.07. The number of hydrogen-bond acceptors (Lipinski definition) is 9. The van der Waals surface area contributed by atoms with Gasteiger partial charge in [0.1, 0.15) is 31.4 Å². The van der Waals surface area contributed by atoms with Crippen LogP contribution in [0.1, 0.15) is 35.7 Å². The minimum absolute atomic E-state index is 0.0449. The van der Waals surface area contributed by atoms with Crippen molar-refractivity contribution in [3.63, 3.8) is 0 Å². The number of carbonyl (C=O) groups is 3. The molecule has 1 amide bonds. The molecular weight excluding hydrogens is 520 g/mol. The van der Waals surface area contributed by atoms with Crippen LogP contribution in [0.5, 0.6) is 5.75 Å². The molecule has 0 aromatic heterocycles. The first-order valence-electron chi connectivity index (χ1n) is 12.7. The van der Waals surface area contributed by atoms with Crippen LogP contribution < -0.4 is 10.2 Å². The Hall–Kier alpha value is -4.58. The molecule has 0 spiro atoms. The summed E-state index contributed by atoms with van der Waals surface area (Å²) in [4.78, 5) is 55.8. The van der Waals surface area contributed by atoms with Crippen LogP contribution in [0.4, 0.5) is 5.69 Å². The van der Waals surface area contributed by atoms with Crippen LogP contribution in [0.2, 0.25) is 0 Å². The van der Waals surface area contributed by atoms with E-state index in [-0.39, 0.29) is 47.9 Å². The van der Waals surface area contributed by atoms with Crippen LogP contribution in [-0.4, -0.2) is 74.0 Å². The Morgan fingerprint density at radius 3 is 2.40 bits per heavy atom. The van der Waals surface area contributed by atoms with Gasteiger partial charge in [-0.15, -0.1) is 0 Å². The zero-order valence-electron chi connectivity index (χ0n) is 22.8. The third kappa shape index (κ3) is 7.08. The number of carbonyl (C=O) groups excluding carboxylic acids is 3. The molecule has 0 saturated heterocycles. The summed E-state index contributed by atoms with van der Waals surface area (Å²) in [5, 5.41) is 24.3. The number of esters is 2. The number of nitrogens with one attached hydrogen (secondary N) is 2. The van der Waals surface area contributed by atoms with E-state index in [0.29, 0.717) is 18.0 Å². The van der Waals surface area contributed by atoms with Crippen molar-refractivity contribution in [1.82, 2.24) is 5.32 Å². The number of nitro benzene ring substituents is 1. The van der Waals surface area contributed by atoms with Gasteiger partial charge in [-0.05, 0) is 26.0 Å². The molecule has 0 bridgehead atoms. The number of benzene rings is 2. The number of phenolic OH excluding ortho intramolecular Hbond substituents is 1. The average molecular weight is 554 g/mol. The van der Waals surface area contributed by atoms with E-state index in [4.69, 9.17) is 9.47 Å². The van der Waals surface area contributed by atoms with E-state index in [0.717, 1.165) is 4.90 Å². The molecule has 40 heavy (non-hydrogen) atoms. The summed E-state index contributed by atoms with van der Waals surface area (Å²) in [6.45, 7) is 3.54. The second kappa shape index (κ2) is 13.5. The summed E-state index contributed by atoms with van der Waals surface area (Å²) < 4.78 is 10.9. The van der Waals surface area contributed by atoms with Gasteiger partial charge in [0.05, 0.1) is 36.7 Å². The number of aliphatic imine (C=N–C) groups is 1. The molecule has 2 atom stereocenters. The van der Waals surface area contributed by atoms with Gasteiger partial charge in [0.2, 0.25) is 0 Å². The molecule has 12 heteroatoms. The van der Waals surface area contributed by atoms with Gasteiger partial charge < -0.3 is 24.8 Å². The Morgan fingerprint density at radius 2 is 1.73 bits per heavy atom. The van der Waals surface area contributed by atoms with Crippen molar-refractivity contribution in [2.24, 2.45) is 10.9 Å². The second-order valence-electron chi connectivity index (χ2n) is 9.56. The highest BCUT2D eigenvalue weighted by atomic mass is 16.6. The molecule has 212 valence electrons. The molecule has 1 unspecified atom stereocenters. The number of ether oxygens (including phenoxy) is 2. The van der Waals surface area contributed by atoms with E-state index >= 15 is 0 Å². The van der Waals surface area contributed by atoms with Gasteiger partial charge in [0, 0.05) is 29.0 Å². The molecule has 12 nitrogen and oxygen atoms in total. The molecule has 1 aliphatic heterocycles. The van der Waals surface area contributed by atoms with E-state index in [1.54, 1.807) is 32.0 Å². The fourth-order valence-electron chi connectivity index (χ4n) is 4.45. The Kier molecular flexibility index (Phi) is 10.1. The lowest BCUT2D eigenvalue weighted by Crippen LogP contribution is -3.06. The van der Waals surface area contributed by atoms with E-state index in [1.165, 1.54) is 30.3 Å². The van der Waals surface area contributed by atoms with Gasteiger partial charge in [-0.2, -0.15) is 0 Å². The number of nitrogens with zero attached hydrogens (tertiary/aromatic N) is 2. The monoisotopic (exact) mass is 553 g/mol. The number of para-hydroxylation sites is 2. The van der Waals surface area contributed by atoms with E-state index in [2.05, 4.69) is 10.3 Å². The smallest absolute Gasteiger partial charge is 0.336 e. The molecule has 2 aromatic rings. The number of hydrogen-bond donors (Lipinski definition) is 3. The Labute approximate surface area is 231 Å². The van der Waals surface area contributed by atoms with Crippen molar-refractivity contribution in [2.75, 3.05) is 40.4 Å². The third-order valence-electron chi connectivity index (χ3n) is 6.39. The van der Waals surface area contributed by atoms with Crippen molar-refractivity contribution in [2.45, 2.75) is 19.8 Å². The minimum Gasteiger partial charge on any atom is -0.507 e. The Morgan fingerprint density at radius 1 is 1.05 bits per heavy atom. The second-order valence-corrected chi connectivity index (χ2v) is 9.56. The zero-order valence-corrected chi connectivity index (χ0v) is 22.8. The number of amides is 1. The lowest BCUT2D eigenvalue weighted by molar-refractivity contribution is -0.858. The van der Waals surface area contributed by atoms with Crippen molar-refractivity contribution < 1.29 is 38.8 Å². The number of phenols is 1. The molecular formula is C28H33N4O8+. The topological polar surface area (TPSA) is 162 Å². The van der Waals surface area contributed by atoms with Crippen LogP contribution in [0.25, 0.3) is 0 Å². The molecule has 0 radical (unpaired) electrons. The highest BCUT2D eigenvalue weighted by Crippen LogP contribution is 2.43. The summed E-state index contributed by atoms with van der Waals surface area (Å²) >= 11 is 0. The number of aromatic hydroxyl groups is 1. The standard InChI is InChI=1S/C28H32N4O8/c1-17-23(27(35)39-15-13-29-26(34)20-10-6-8-12-22(20)33)25(19-9-5-7-11-21(19)32(37)38)24(18(2)30-17)28(36)40-16-14-31(3)4/h5-12,23,25,33H,13-16H2,1-4H3,(H,29,34)/p+1/t23?,25-/m0/s1. The summed E-state index contributed by atoms with van der Waals surface area (Å²) in [7, 11) is 3.81. The molecule has 1 heterocycles. The molecule has 0 saturated carbocycles. The Bertz CT molecular complexity index is 1350. The van der Waals surface area contributed by atoms with Crippen molar-refractivity contribution in [3.8, 4) is 5.75 Å². The van der Waals surface area contributed by atoms with Gasteiger partial charge in [-0.3, -0.25) is 24.7 Å². The largest absolute Gasteiger partial charge is 0.507 e. The molecule has 2 aromatic carbocycles. The van der Waals surface area contributed by atoms with E-state index in [1.807, 2.05) is 14.1 Å². The number of rotatable bonds is 11. The summed E-state index contributed by atoms with van der Waals surface area (Å²) in [6, 6.07) is 11.9. The number of allylic oxidation sites excluding steroid dienone is 1. The molecule has 3 rings (SSSR count). The maximum Gasteiger partial charge on any atom is 0.336 e. The number of likely N-dealkylation sites (N-methyl/N-ethyl adjacent to an activating group) is 1. The maximum atomic E-state index is 13.4. The third-order valence-corrected chi connectivity index (χ3v) is 6.39. The molecule has 1 aliphatic rings. The predicted octanol–water partition coefficient (Wildman–Crippen LogP) is 1.41. The summed E-state index contributed by atoms with van der Waals surface area (Å²) in [6.07, 6.45) is 0. The SMILES string of the molecule is CC1=NC(C)=C(C(=O)OCC[NH+](C)C)[C@@H](c2ccccc2[N+](=O)[O-])C1C(=O)OCCNC(=O)c1ccccc1O. The van der Waals surface area contributed by atoms with Gasteiger partial charge in [0.25, 0.3) is 11.6 Å². The fourth-order valence-corrected chi connectivity index (χ4v) is 4.45. The lowest BCUT2D eigenvalue weighted by atomic mass is 9.75. The number of quaternary nitrogens is 1. The lowest BCUT2D eigenvalue weighted by Gasteiger charge is -2.31. The maximum absolute atomic E-state index is 13.4. The normalized spacial score (nSPS) is 16.8. The van der Waals surface area contributed by atoms with Crippen molar-refractivity contribution >= 4 is 29.2 Å². The highest BCUT2D eigenvalue weighted by Gasteiger charge is 2.44. The van der Waals surface area contributed by atoms with Crippen LogP contribution >= 0.6 is 0 Å². The molecule has 0 fully saturated rings. The van der Waals surface area contributed by atoms with Crippen LogP contribution in [0.3, 0.4) is 0 Å². The van der Waals surface area contributed by atoms with Gasteiger partial charge >= 0.3 is 11.9 Å². The van der Waals surface area contributed by atoms with Crippen LogP contribution in [-0.2, 0) is 19.1 Å². The number of nitro groups is 1. The van der Waals surface area contributed by atoms with Gasteiger partial charge in [-0.1, -0.05) is 30.3 Å². The minimum atomic E-state index is -1.15. The quantitative estimate of drug-likeness (QED) is 0.163. The summed E-state index contributed by atoms with van der Waals surface area (Å²) in [5.41, 5.74) is 0.621. The van der Waals surface area contributed by atoms with E-state index in [9.17, 15) is 29.6 Å². The molecule has 0 aliphatic carbocycles.